The molecule has 2 rings (SSSR count). The number of carboxylic acid groups (broad SMARTS) is 1. The molecule has 1 atom stereocenters. The van der Waals surface area contributed by atoms with Crippen LogP contribution in [-0.2, 0) is 22.5 Å². The number of ether oxygens (including phenoxy) is 3. The van der Waals surface area contributed by atoms with Gasteiger partial charge in [0.25, 0.3) is 0 Å². The number of anilines is 1. The summed E-state index contributed by atoms with van der Waals surface area (Å²) in [4.78, 5) is 29.1. The molecule has 2 N–H and O–H groups in total. The van der Waals surface area contributed by atoms with Gasteiger partial charge in [-0.05, 0) is 45.9 Å². The maximum absolute atomic E-state index is 12.3. The largest absolute Gasteiger partial charge is 0.496 e. The number of benzene rings is 1. The number of aliphatic carboxylic acids is 1. The van der Waals surface area contributed by atoms with Crippen LogP contribution in [0, 0.1) is 0 Å². The Labute approximate surface area is 194 Å². The monoisotopic (exact) mass is 459 g/mol. The van der Waals surface area contributed by atoms with Crippen LogP contribution in [0.15, 0.2) is 36.4 Å². The molecule has 180 valence electrons. The van der Waals surface area contributed by atoms with Crippen molar-refractivity contribution in [3.63, 3.8) is 0 Å². The molecule has 0 saturated carbocycles. The van der Waals surface area contributed by atoms with E-state index < -0.39 is 23.7 Å². The quantitative estimate of drug-likeness (QED) is 0.554. The minimum atomic E-state index is -0.913. The maximum atomic E-state index is 12.3. The molecule has 1 aromatic carbocycles. The Morgan fingerprint density at radius 3 is 2.58 bits per heavy atom. The average molecular weight is 460 g/mol. The van der Waals surface area contributed by atoms with Gasteiger partial charge in [0, 0.05) is 37.3 Å². The standard InChI is InChI=1S/C24H33N3O6/c1-16(22(28)29)25-15-17-10-11-19(14-20(17)31-6)32-13-12-18-8-7-9-21(26-18)27(5)23(30)33-24(2,3)4/h7-11,14,16,25H,12-13,15H2,1-6H3,(H,28,29). The predicted molar refractivity (Wildman–Crippen MR) is 125 cm³/mol. The van der Waals surface area contributed by atoms with Crippen molar-refractivity contribution < 1.29 is 28.9 Å². The van der Waals surface area contributed by atoms with Gasteiger partial charge in [-0.1, -0.05) is 12.1 Å². The molecular weight excluding hydrogens is 426 g/mol. The fourth-order valence-electron chi connectivity index (χ4n) is 2.80. The summed E-state index contributed by atoms with van der Waals surface area (Å²) in [5.74, 6) is 0.820. The zero-order chi connectivity index (χ0) is 24.6. The highest BCUT2D eigenvalue weighted by atomic mass is 16.6. The van der Waals surface area contributed by atoms with Gasteiger partial charge in [0.2, 0.25) is 0 Å². The van der Waals surface area contributed by atoms with E-state index in [1.165, 1.54) is 4.90 Å². The van der Waals surface area contributed by atoms with Crippen molar-refractivity contribution in [3.05, 3.63) is 47.7 Å². The van der Waals surface area contributed by atoms with Crippen LogP contribution >= 0.6 is 0 Å². The van der Waals surface area contributed by atoms with E-state index in [1.807, 2.05) is 45.0 Å². The summed E-state index contributed by atoms with van der Waals surface area (Å²) >= 11 is 0. The number of hydrogen-bond donors (Lipinski definition) is 2. The lowest BCUT2D eigenvalue weighted by Gasteiger charge is -2.24. The van der Waals surface area contributed by atoms with Crippen molar-refractivity contribution in [1.82, 2.24) is 10.3 Å². The van der Waals surface area contributed by atoms with E-state index in [2.05, 4.69) is 10.3 Å². The number of methoxy groups -OCH3 is 1. The van der Waals surface area contributed by atoms with E-state index in [4.69, 9.17) is 19.3 Å². The Bertz CT molecular complexity index is 957. The lowest BCUT2D eigenvalue weighted by molar-refractivity contribution is -0.139. The fourth-order valence-corrected chi connectivity index (χ4v) is 2.80. The summed E-state index contributed by atoms with van der Waals surface area (Å²) < 4.78 is 16.6. The Balaban J connectivity index is 1.95. The molecule has 0 fully saturated rings. The minimum Gasteiger partial charge on any atom is -0.496 e. The molecule has 1 amide bonds. The first kappa shape index (κ1) is 25.9. The van der Waals surface area contributed by atoms with Crippen LogP contribution in [0.2, 0.25) is 0 Å². The third-order valence-electron chi connectivity index (χ3n) is 4.66. The molecule has 2 aromatic rings. The number of nitrogens with zero attached hydrogens (tertiary/aromatic N) is 2. The predicted octanol–water partition coefficient (Wildman–Crippen LogP) is 3.65. The summed E-state index contributed by atoms with van der Waals surface area (Å²) in [5.41, 5.74) is 1.02. The lowest BCUT2D eigenvalue weighted by atomic mass is 10.1. The van der Waals surface area contributed by atoms with Crippen LogP contribution in [0.3, 0.4) is 0 Å². The average Bonchev–Trinajstić information content (AvgIpc) is 2.76. The number of aromatic nitrogens is 1. The number of amides is 1. The van der Waals surface area contributed by atoms with Crippen LogP contribution in [0.1, 0.15) is 39.0 Å². The minimum absolute atomic E-state index is 0.360. The van der Waals surface area contributed by atoms with Crippen LogP contribution in [-0.4, -0.2) is 54.6 Å². The van der Waals surface area contributed by atoms with Crippen molar-refractivity contribution >= 4 is 17.9 Å². The molecule has 9 heteroatoms. The normalized spacial score (nSPS) is 12.1. The summed E-state index contributed by atoms with van der Waals surface area (Å²) in [5, 5.41) is 11.9. The van der Waals surface area contributed by atoms with Gasteiger partial charge in [-0.3, -0.25) is 9.69 Å². The Hall–Kier alpha value is -3.33. The molecular formula is C24H33N3O6. The second-order valence-corrected chi connectivity index (χ2v) is 8.54. The van der Waals surface area contributed by atoms with Gasteiger partial charge in [0.05, 0.1) is 13.7 Å². The molecule has 0 aliphatic carbocycles. The Morgan fingerprint density at radius 2 is 1.94 bits per heavy atom. The summed E-state index contributed by atoms with van der Waals surface area (Å²) in [6.45, 7) is 7.76. The van der Waals surface area contributed by atoms with Crippen LogP contribution in [0.25, 0.3) is 0 Å². The van der Waals surface area contributed by atoms with E-state index in [0.29, 0.717) is 36.9 Å². The molecule has 1 aromatic heterocycles. The first-order valence-electron chi connectivity index (χ1n) is 10.7. The molecule has 1 unspecified atom stereocenters. The molecule has 0 saturated heterocycles. The zero-order valence-corrected chi connectivity index (χ0v) is 20.0. The topological polar surface area (TPSA) is 110 Å². The molecule has 0 spiro atoms. The van der Waals surface area contributed by atoms with E-state index in [0.717, 1.165) is 11.3 Å². The number of carbonyl (C=O) groups is 2. The maximum Gasteiger partial charge on any atom is 0.415 e. The second kappa shape index (κ2) is 11.5. The Kier molecular flexibility index (Phi) is 9.04. The van der Waals surface area contributed by atoms with Crippen molar-refractivity contribution in [3.8, 4) is 11.5 Å². The van der Waals surface area contributed by atoms with E-state index in [1.54, 1.807) is 33.2 Å². The van der Waals surface area contributed by atoms with Gasteiger partial charge >= 0.3 is 12.1 Å². The number of hydrogen-bond acceptors (Lipinski definition) is 7. The highest BCUT2D eigenvalue weighted by Gasteiger charge is 2.21. The number of nitrogens with one attached hydrogen (secondary N) is 1. The highest BCUT2D eigenvalue weighted by Crippen LogP contribution is 2.25. The Morgan fingerprint density at radius 1 is 1.21 bits per heavy atom. The van der Waals surface area contributed by atoms with Crippen molar-refractivity contribution in [1.29, 1.82) is 0 Å². The molecule has 0 aliphatic rings. The smallest absolute Gasteiger partial charge is 0.415 e. The highest BCUT2D eigenvalue weighted by molar-refractivity contribution is 5.85. The van der Waals surface area contributed by atoms with E-state index >= 15 is 0 Å². The van der Waals surface area contributed by atoms with Crippen LogP contribution in [0.4, 0.5) is 10.6 Å². The summed E-state index contributed by atoms with van der Waals surface area (Å²) in [6, 6.07) is 10.2. The number of rotatable bonds is 10. The number of pyridine rings is 1. The summed E-state index contributed by atoms with van der Waals surface area (Å²) in [6.07, 6.45) is 0.0698. The first-order chi connectivity index (χ1) is 15.5. The fraction of sp³-hybridized carbons (Fsp3) is 0.458. The van der Waals surface area contributed by atoms with Gasteiger partial charge in [0.1, 0.15) is 29.0 Å². The van der Waals surface area contributed by atoms with Crippen LogP contribution < -0.4 is 19.7 Å². The third-order valence-corrected chi connectivity index (χ3v) is 4.66. The van der Waals surface area contributed by atoms with Crippen molar-refractivity contribution in [2.45, 2.75) is 52.3 Å². The van der Waals surface area contributed by atoms with Crippen LogP contribution in [0.5, 0.6) is 11.5 Å². The van der Waals surface area contributed by atoms with Gasteiger partial charge in [-0.25, -0.2) is 9.78 Å². The molecule has 1 heterocycles. The molecule has 33 heavy (non-hydrogen) atoms. The number of carboxylic acids is 1. The first-order valence-corrected chi connectivity index (χ1v) is 10.7. The molecule has 9 nitrogen and oxygen atoms in total. The summed E-state index contributed by atoms with van der Waals surface area (Å²) in [7, 11) is 3.18. The van der Waals surface area contributed by atoms with Gasteiger partial charge in [-0.2, -0.15) is 0 Å². The second-order valence-electron chi connectivity index (χ2n) is 8.54. The molecule has 0 radical (unpaired) electrons. The van der Waals surface area contributed by atoms with Gasteiger partial charge in [-0.15, -0.1) is 0 Å². The van der Waals surface area contributed by atoms with Crippen molar-refractivity contribution in [2.24, 2.45) is 0 Å². The van der Waals surface area contributed by atoms with Gasteiger partial charge in [0.15, 0.2) is 0 Å². The number of carbonyl (C=O) groups excluding carboxylic acids is 1. The van der Waals surface area contributed by atoms with E-state index in [-0.39, 0.29) is 0 Å². The van der Waals surface area contributed by atoms with Gasteiger partial charge < -0.3 is 24.6 Å². The molecule has 0 aliphatic heterocycles. The van der Waals surface area contributed by atoms with E-state index in [9.17, 15) is 9.59 Å². The molecule has 0 bridgehead atoms. The lowest BCUT2D eigenvalue weighted by Crippen LogP contribution is -2.34. The zero-order valence-electron chi connectivity index (χ0n) is 20.0. The SMILES string of the molecule is COc1cc(OCCc2cccc(N(C)C(=O)OC(C)(C)C)n2)ccc1CNC(C)C(=O)O. The third kappa shape index (κ3) is 8.27. The van der Waals surface area contributed by atoms with Crippen molar-refractivity contribution in [2.75, 3.05) is 25.7 Å².